The Kier molecular flexibility index (Phi) is 4.93. The van der Waals surface area contributed by atoms with Crippen molar-refractivity contribution in [2.45, 2.75) is 97.8 Å². The fraction of sp³-hybridized carbons (Fsp3) is 0.958. The minimum atomic E-state index is -0.621. The molecule has 2 heteroatoms. The molecule has 4 aliphatic carbocycles. The van der Waals surface area contributed by atoms with E-state index in [0.29, 0.717) is 23.2 Å². The van der Waals surface area contributed by atoms with Crippen LogP contribution in [0.5, 0.6) is 0 Å². The van der Waals surface area contributed by atoms with Crippen molar-refractivity contribution < 1.29 is 9.90 Å². The standard InChI is InChI=1S/C24H40O2/c1-16(7-12-22(25)26)19-10-11-20-18-9-8-17-6-4-5-14-23(17,2)21(18)13-15-24(19,20)3/h16-21H,4-15H2,1-3H3,(H,25,26)/t16-,17-,18+,19-,20+,21+,23+,24-/m1/s1. The predicted octanol–water partition coefficient (Wildman–Crippen LogP) is 6.54. The van der Waals surface area contributed by atoms with E-state index in [0.717, 1.165) is 36.0 Å². The summed E-state index contributed by atoms with van der Waals surface area (Å²) >= 11 is 0. The van der Waals surface area contributed by atoms with Crippen LogP contribution in [0.2, 0.25) is 0 Å². The number of fused-ring (bicyclic) bond motifs is 5. The quantitative estimate of drug-likeness (QED) is 0.618. The van der Waals surface area contributed by atoms with Crippen molar-refractivity contribution in [2.24, 2.45) is 46.3 Å². The van der Waals surface area contributed by atoms with E-state index in [1.54, 1.807) is 0 Å². The summed E-state index contributed by atoms with van der Waals surface area (Å²) < 4.78 is 0. The first kappa shape index (κ1) is 18.8. The molecule has 2 nitrogen and oxygen atoms in total. The molecule has 0 saturated heterocycles. The van der Waals surface area contributed by atoms with Crippen molar-refractivity contribution in [3.8, 4) is 0 Å². The fourth-order valence-corrected chi connectivity index (χ4v) is 8.82. The molecule has 148 valence electrons. The second kappa shape index (κ2) is 6.82. The van der Waals surface area contributed by atoms with E-state index in [2.05, 4.69) is 20.8 Å². The van der Waals surface area contributed by atoms with Gasteiger partial charge in [-0.1, -0.05) is 33.6 Å². The highest BCUT2D eigenvalue weighted by atomic mass is 16.4. The Labute approximate surface area is 160 Å². The monoisotopic (exact) mass is 360 g/mol. The van der Waals surface area contributed by atoms with Gasteiger partial charge in [-0.25, -0.2) is 0 Å². The van der Waals surface area contributed by atoms with Gasteiger partial charge in [-0.15, -0.1) is 0 Å². The average Bonchev–Trinajstić information content (AvgIpc) is 2.96. The van der Waals surface area contributed by atoms with E-state index >= 15 is 0 Å². The van der Waals surface area contributed by atoms with Crippen LogP contribution >= 0.6 is 0 Å². The molecule has 0 radical (unpaired) electrons. The summed E-state index contributed by atoms with van der Waals surface area (Å²) in [6.07, 6.45) is 15.7. The van der Waals surface area contributed by atoms with Crippen LogP contribution in [0.4, 0.5) is 0 Å². The lowest BCUT2D eigenvalue weighted by Crippen LogP contribution is -2.53. The Balaban J connectivity index is 1.52. The van der Waals surface area contributed by atoms with Gasteiger partial charge in [0.25, 0.3) is 0 Å². The molecule has 0 unspecified atom stereocenters. The van der Waals surface area contributed by atoms with Crippen molar-refractivity contribution in [2.75, 3.05) is 0 Å². The van der Waals surface area contributed by atoms with Crippen LogP contribution in [0, 0.1) is 46.3 Å². The first-order chi connectivity index (χ1) is 12.4. The van der Waals surface area contributed by atoms with Gasteiger partial charge >= 0.3 is 5.97 Å². The number of carboxylic acids is 1. The number of carboxylic acid groups (broad SMARTS) is 1. The fourth-order valence-electron chi connectivity index (χ4n) is 8.82. The van der Waals surface area contributed by atoms with E-state index in [-0.39, 0.29) is 0 Å². The Morgan fingerprint density at radius 2 is 1.73 bits per heavy atom. The molecule has 1 N–H and O–H groups in total. The number of rotatable bonds is 4. The Bertz CT molecular complexity index is 542. The molecule has 0 bridgehead atoms. The van der Waals surface area contributed by atoms with Crippen molar-refractivity contribution >= 4 is 5.97 Å². The maximum absolute atomic E-state index is 11.0. The van der Waals surface area contributed by atoms with Gasteiger partial charge < -0.3 is 5.11 Å². The van der Waals surface area contributed by atoms with Crippen LogP contribution in [0.3, 0.4) is 0 Å². The molecule has 0 aliphatic heterocycles. The molecule has 0 aromatic carbocycles. The molecule has 0 aromatic heterocycles. The molecule has 0 aromatic rings. The first-order valence-corrected chi connectivity index (χ1v) is 11.6. The van der Waals surface area contributed by atoms with Crippen molar-refractivity contribution in [3.05, 3.63) is 0 Å². The molecule has 0 amide bonds. The van der Waals surface area contributed by atoms with Crippen molar-refractivity contribution in [1.29, 1.82) is 0 Å². The smallest absolute Gasteiger partial charge is 0.303 e. The van der Waals surface area contributed by atoms with Gasteiger partial charge in [0, 0.05) is 6.42 Å². The topological polar surface area (TPSA) is 37.3 Å². The summed E-state index contributed by atoms with van der Waals surface area (Å²) in [6.45, 7) is 7.60. The zero-order valence-corrected chi connectivity index (χ0v) is 17.3. The molecule has 8 atom stereocenters. The Morgan fingerprint density at radius 3 is 2.50 bits per heavy atom. The van der Waals surface area contributed by atoms with Gasteiger partial charge in [-0.2, -0.15) is 0 Å². The minimum absolute atomic E-state index is 0.351. The molecular weight excluding hydrogens is 320 g/mol. The summed E-state index contributed by atoms with van der Waals surface area (Å²) in [5.74, 6) is 4.57. The average molecular weight is 361 g/mol. The third-order valence-electron chi connectivity index (χ3n) is 10.2. The van der Waals surface area contributed by atoms with Gasteiger partial charge in [0.1, 0.15) is 0 Å². The molecule has 26 heavy (non-hydrogen) atoms. The summed E-state index contributed by atoms with van der Waals surface area (Å²) in [7, 11) is 0. The maximum atomic E-state index is 11.0. The zero-order chi connectivity index (χ0) is 18.5. The van der Waals surface area contributed by atoms with E-state index < -0.39 is 5.97 Å². The van der Waals surface area contributed by atoms with Gasteiger partial charge in [0.05, 0.1) is 0 Å². The Morgan fingerprint density at radius 1 is 0.962 bits per heavy atom. The molecule has 4 aliphatic rings. The second-order valence-corrected chi connectivity index (χ2v) is 11.0. The van der Waals surface area contributed by atoms with E-state index in [1.807, 2.05) is 0 Å². The van der Waals surface area contributed by atoms with Gasteiger partial charge in [-0.05, 0) is 104 Å². The highest BCUT2D eigenvalue weighted by Gasteiger charge is 2.60. The molecule has 4 saturated carbocycles. The van der Waals surface area contributed by atoms with Gasteiger partial charge in [0.2, 0.25) is 0 Å². The number of aliphatic carboxylic acids is 1. The molecular formula is C24H40O2. The summed E-state index contributed by atoms with van der Waals surface area (Å²) in [6, 6.07) is 0. The van der Waals surface area contributed by atoms with Gasteiger partial charge in [0.15, 0.2) is 0 Å². The number of carbonyl (C=O) groups is 1. The summed E-state index contributed by atoms with van der Waals surface area (Å²) in [5, 5.41) is 9.09. The van der Waals surface area contributed by atoms with Gasteiger partial charge in [-0.3, -0.25) is 4.79 Å². The van der Waals surface area contributed by atoms with Crippen molar-refractivity contribution in [1.82, 2.24) is 0 Å². The Hall–Kier alpha value is -0.530. The zero-order valence-electron chi connectivity index (χ0n) is 17.3. The molecule has 4 fully saturated rings. The SMILES string of the molecule is C[C@H](CCC(=O)O)[C@H]1CC[C@H]2[C@@H]3CC[C@H]4CCCC[C@]4(C)[C@H]3CC[C@]12C. The molecule has 0 heterocycles. The van der Waals surface area contributed by atoms with Crippen LogP contribution in [0.1, 0.15) is 97.8 Å². The number of hydrogen-bond donors (Lipinski definition) is 1. The van der Waals surface area contributed by atoms with Crippen LogP contribution in [0.25, 0.3) is 0 Å². The highest BCUT2D eigenvalue weighted by molar-refractivity contribution is 5.66. The lowest BCUT2D eigenvalue weighted by atomic mass is 9.44. The lowest BCUT2D eigenvalue weighted by molar-refractivity contribution is -0.137. The lowest BCUT2D eigenvalue weighted by Gasteiger charge is -2.61. The normalized spacial score (nSPS) is 49.0. The molecule has 0 spiro atoms. The van der Waals surface area contributed by atoms with Crippen LogP contribution < -0.4 is 0 Å². The van der Waals surface area contributed by atoms with Crippen LogP contribution in [-0.2, 0) is 4.79 Å². The van der Waals surface area contributed by atoms with Crippen molar-refractivity contribution in [3.63, 3.8) is 0 Å². The summed E-state index contributed by atoms with van der Waals surface area (Å²) in [5.41, 5.74) is 1.12. The first-order valence-electron chi connectivity index (χ1n) is 11.6. The molecule has 4 rings (SSSR count). The largest absolute Gasteiger partial charge is 0.481 e. The van der Waals surface area contributed by atoms with E-state index in [1.165, 1.54) is 64.2 Å². The summed E-state index contributed by atoms with van der Waals surface area (Å²) in [4.78, 5) is 11.0. The van der Waals surface area contributed by atoms with Crippen LogP contribution in [-0.4, -0.2) is 11.1 Å². The highest BCUT2D eigenvalue weighted by Crippen LogP contribution is 2.68. The third kappa shape index (κ3) is 2.85. The third-order valence-corrected chi connectivity index (χ3v) is 10.2. The minimum Gasteiger partial charge on any atom is -0.481 e. The van der Waals surface area contributed by atoms with Crippen LogP contribution in [0.15, 0.2) is 0 Å². The number of hydrogen-bond acceptors (Lipinski definition) is 1. The second-order valence-electron chi connectivity index (χ2n) is 11.0. The maximum Gasteiger partial charge on any atom is 0.303 e. The predicted molar refractivity (Wildman–Crippen MR) is 106 cm³/mol. The van der Waals surface area contributed by atoms with E-state index in [9.17, 15) is 4.79 Å². The van der Waals surface area contributed by atoms with E-state index in [4.69, 9.17) is 5.11 Å².